The van der Waals surface area contributed by atoms with Crippen LogP contribution in [0.1, 0.15) is 42.6 Å². The minimum absolute atomic E-state index is 0.432. The van der Waals surface area contributed by atoms with Crippen LogP contribution in [0.3, 0.4) is 0 Å². The third kappa shape index (κ3) is 9.00. The maximum atomic E-state index is 12.2. The second-order valence-corrected chi connectivity index (χ2v) is 11.2. The number of rotatable bonds is 16. The van der Waals surface area contributed by atoms with Gasteiger partial charge >= 0.3 is 5.97 Å². The van der Waals surface area contributed by atoms with Crippen molar-refractivity contribution in [2.24, 2.45) is 0 Å². The Hall–Kier alpha value is -4.50. The number of nitrogens with one attached hydrogen (secondary N) is 2. The number of aliphatic carboxylic acids is 1. The Balaban J connectivity index is 1.15. The van der Waals surface area contributed by atoms with Crippen LogP contribution in [-0.2, 0) is 17.6 Å². The molecule has 1 aromatic carbocycles. The van der Waals surface area contributed by atoms with E-state index in [4.69, 9.17) is 9.72 Å². The van der Waals surface area contributed by atoms with Gasteiger partial charge in [-0.3, -0.25) is 9.88 Å². The Morgan fingerprint density at radius 2 is 1.89 bits per heavy atom. The molecule has 0 bridgehead atoms. The molecule has 4 aromatic rings. The van der Waals surface area contributed by atoms with Crippen molar-refractivity contribution in [1.82, 2.24) is 19.9 Å². The van der Waals surface area contributed by atoms with Gasteiger partial charge in [-0.25, -0.2) is 14.8 Å². The lowest BCUT2D eigenvalue weighted by Gasteiger charge is -2.25. The number of unbranched alkanes of at least 4 members (excludes halogenated alkanes) is 1. The van der Waals surface area contributed by atoms with Crippen molar-refractivity contribution in [3.63, 3.8) is 0 Å². The van der Waals surface area contributed by atoms with Crippen LogP contribution in [0.4, 0.5) is 11.6 Å². The Morgan fingerprint density at radius 1 is 1.00 bits per heavy atom. The predicted molar refractivity (Wildman–Crippen MR) is 174 cm³/mol. The highest BCUT2D eigenvalue weighted by molar-refractivity contribution is 5.77. The summed E-state index contributed by atoms with van der Waals surface area (Å²) >= 11 is 0. The average molecular weight is 595 g/mol. The van der Waals surface area contributed by atoms with Crippen molar-refractivity contribution in [1.29, 1.82) is 0 Å². The number of hydrogen-bond acceptors (Lipinski definition) is 8. The molecule has 0 amide bonds. The van der Waals surface area contributed by atoms with Gasteiger partial charge in [-0.15, -0.1) is 0 Å². The molecular formula is C35H42N6O3. The van der Waals surface area contributed by atoms with Gasteiger partial charge in [-0.2, -0.15) is 0 Å². The molecule has 9 nitrogen and oxygen atoms in total. The summed E-state index contributed by atoms with van der Waals surface area (Å²) in [5.74, 6) is 1.46. The zero-order valence-electron chi connectivity index (χ0n) is 25.4. The molecule has 1 aliphatic rings. The van der Waals surface area contributed by atoms with E-state index in [1.165, 1.54) is 5.56 Å². The number of pyridine rings is 3. The second kappa shape index (κ2) is 15.8. The number of fused-ring (bicyclic) bond motifs is 1. The van der Waals surface area contributed by atoms with E-state index in [2.05, 4.69) is 37.6 Å². The number of nitrogens with zero attached hydrogens (tertiary/aromatic N) is 4. The molecule has 5 rings (SSSR count). The van der Waals surface area contributed by atoms with Gasteiger partial charge in [0.15, 0.2) is 0 Å². The fraction of sp³-hybridized carbons (Fsp3) is 0.371. The molecular weight excluding hydrogens is 552 g/mol. The minimum atomic E-state index is -0.895. The SMILES string of the molecule is Cc1ncccc1OCCN(CCCCc1ccc2c(n1)NCCC2)CC[C@H](Nc1ccc(-c2ccccc2)cn1)C(=O)O. The van der Waals surface area contributed by atoms with E-state index in [1.54, 1.807) is 12.4 Å². The predicted octanol–water partition coefficient (Wildman–Crippen LogP) is 5.86. The first kappa shape index (κ1) is 30.9. The normalized spacial score (nSPS) is 13.1. The molecule has 0 unspecified atom stereocenters. The molecule has 3 aromatic heterocycles. The van der Waals surface area contributed by atoms with Gasteiger partial charge in [0.05, 0.1) is 5.69 Å². The summed E-state index contributed by atoms with van der Waals surface area (Å²) < 4.78 is 6.03. The molecule has 0 fully saturated rings. The topological polar surface area (TPSA) is 113 Å². The van der Waals surface area contributed by atoms with Crippen LogP contribution in [0.15, 0.2) is 79.1 Å². The molecule has 3 N–H and O–H groups in total. The van der Waals surface area contributed by atoms with Crippen LogP contribution < -0.4 is 15.4 Å². The average Bonchev–Trinajstić information content (AvgIpc) is 3.06. The molecule has 230 valence electrons. The van der Waals surface area contributed by atoms with Crippen LogP contribution in [0.2, 0.25) is 0 Å². The maximum absolute atomic E-state index is 12.2. The van der Waals surface area contributed by atoms with Crippen LogP contribution in [-0.4, -0.2) is 69.8 Å². The van der Waals surface area contributed by atoms with Gasteiger partial charge in [0.2, 0.25) is 0 Å². The van der Waals surface area contributed by atoms with Crippen molar-refractivity contribution < 1.29 is 14.6 Å². The van der Waals surface area contributed by atoms with E-state index in [9.17, 15) is 9.90 Å². The van der Waals surface area contributed by atoms with Crippen molar-refractivity contribution >= 4 is 17.6 Å². The quantitative estimate of drug-likeness (QED) is 0.137. The molecule has 0 radical (unpaired) electrons. The Kier molecular flexibility index (Phi) is 11.1. The minimum Gasteiger partial charge on any atom is -0.490 e. The summed E-state index contributed by atoms with van der Waals surface area (Å²) in [7, 11) is 0. The Labute approximate surface area is 259 Å². The van der Waals surface area contributed by atoms with E-state index in [-0.39, 0.29) is 0 Å². The van der Waals surface area contributed by atoms with Gasteiger partial charge in [-0.1, -0.05) is 36.4 Å². The molecule has 9 heteroatoms. The largest absolute Gasteiger partial charge is 0.490 e. The lowest BCUT2D eigenvalue weighted by atomic mass is 10.1. The van der Waals surface area contributed by atoms with E-state index < -0.39 is 12.0 Å². The number of anilines is 2. The molecule has 0 saturated heterocycles. The van der Waals surface area contributed by atoms with Crippen molar-refractivity contribution in [2.75, 3.05) is 43.4 Å². The first-order valence-electron chi connectivity index (χ1n) is 15.6. The van der Waals surface area contributed by atoms with Gasteiger partial charge in [0, 0.05) is 43.3 Å². The number of carboxylic acids is 1. The number of aromatic nitrogens is 3. The van der Waals surface area contributed by atoms with Gasteiger partial charge < -0.3 is 20.5 Å². The fourth-order valence-corrected chi connectivity index (χ4v) is 5.42. The highest BCUT2D eigenvalue weighted by atomic mass is 16.5. The monoisotopic (exact) mass is 594 g/mol. The summed E-state index contributed by atoms with van der Waals surface area (Å²) in [6.07, 6.45) is 9.10. The van der Waals surface area contributed by atoms with Crippen molar-refractivity contribution in [3.05, 3.63) is 96.1 Å². The summed E-state index contributed by atoms with van der Waals surface area (Å²) in [6, 6.07) is 21.2. The van der Waals surface area contributed by atoms with E-state index in [0.717, 1.165) is 79.3 Å². The molecule has 1 aliphatic heterocycles. The molecule has 0 saturated carbocycles. The third-order valence-electron chi connectivity index (χ3n) is 7.96. The van der Waals surface area contributed by atoms with Crippen LogP contribution >= 0.6 is 0 Å². The summed E-state index contributed by atoms with van der Waals surface area (Å²) in [5.41, 5.74) is 5.33. The van der Waals surface area contributed by atoms with Gasteiger partial charge in [0.1, 0.15) is 30.0 Å². The molecule has 0 spiro atoms. The van der Waals surface area contributed by atoms with E-state index in [0.29, 0.717) is 31.9 Å². The fourth-order valence-electron chi connectivity index (χ4n) is 5.42. The summed E-state index contributed by atoms with van der Waals surface area (Å²) in [4.78, 5) is 28.1. The highest BCUT2D eigenvalue weighted by Crippen LogP contribution is 2.21. The zero-order chi connectivity index (χ0) is 30.6. The molecule has 4 heterocycles. The smallest absolute Gasteiger partial charge is 0.326 e. The third-order valence-corrected chi connectivity index (χ3v) is 7.96. The molecule has 44 heavy (non-hydrogen) atoms. The van der Waals surface area contributed by atoms with Crippen LogP contribution in [0, 0.1) is 6.92 Å². The summed E-state index contributed by atoms with van der Waals surface area (Å²) in [5, 5.41) is 16.6. The van der Waals surface area contributed by atoms with Crippen molar-refractivity contribution in [2.45, 2.75) is 51.5 Å². The number of benzene rings is 1. The Morgan fingerprint density at radius 3 is 2.68 bits per heavy atom. The summed E-state index contributed by atoms with van der Waals surface area (Å²) in [6.45, 7) is 5.56. The van der Waals surface area contributed by atoms with E-state index >= 15 is 0 Å². The first-order valence-corrected chi connectivity index (χ1v) is 15.6. The Bertz CT molecular complexity index is 1480. The van der Waals surface area contributed by atoms with Crippen LogP contribution in [0.25, 0.3) is 11.1 Å². The lowest BCUT2D eigenvalue weighted by molar-refractivity contribution is -0.138. The molecule has 0 aliphatic carbocycles. The molecule has 1 atom stereocenters. The van der Waals surface area contributed by atoms with Gasteiger partial charge in [-0.05, 0) is 93.5 Å². The number of aryl methyl sites for hydroxylation is 3. The lowest BCUT2D eigenvalue weighted by Crippen LogP contribution is -2.37. The second-order valence-electron chi connectivity index (χ2n) is 11.2. The number of ether oxygens (including phenoxy) is 1. The van der Waals surface area contributed by atoms with Crippen LogP contribution in [0.5, 0.6) is 5.75 Å². The number of carbonyl (C=O) groups is 1. The van der Waals surface area contributed by atoms with Gasteiger partial charge in [0.25, 0.3) is 0 Å². The number of hydrogen-bond donors (Lipinski definition) is 3. The standard InChI is InChI=1S/C35H42N6O3/c1-26-32(13-8-19-36-26)44-24-23-41(21-6-5-12-30-16-14-28-11-7-20-37-34(28)39-30)22-18-31(35(42)43)40-33-17-15-29(25-38-33)27-9-3-2-4-10-27/h2-4,8-10,13-17,19,25,31H,5-7,11-12,18,20-24H2,1H3,(H,37,39)(H,38,40)(H,42,43)/t31-/m0/s1. The number of carboxylic acid groups (broad SMARTS) is 1. The van der Waals surface area contributed by atoms with Crippen molar-refractivity contribution in [3.8, 4) is 16.9 Å². The maximum Gasteiger partial charge on any atom is 0.326 e. The first-order chi connectivity index (χ1) is 21.5. The highest BCUT2D eigenvalue weighted by Gasteiger charge is 2.20. The zero-order valence-corrected chi connectivity index (χ0v) is 25.4. The van der Waals surface area contributed by atoms with E-state index in [1.807, 2.05) is 61.5 Å².